The lowest BCUT2D eigenvalue weighted by atomic mass is 9.88. The number of pyridine rings is 2. The van der Waals surface area contributed by atoms with E-state index in [4.69, 9.17) is 0 Å². The molecule has 1 aliphatic heterocycles. The van der Waals surface area contributed by atoms with E-state index in [1.54, 1.807) is 0 Å². The van der Waals surface area contributed by atoms with Crippen LogP contribution in [-0.4, -0.2) is 4.98 Å². The molecular formula is C14H14N2. The second-order valence-electron chi connectivity index (χ2n) is 4.32. The molecule has 80 valence electrons. The summed E-state index contributed by atoms with van der Waals surface area (Å²) in [7, 11) is 0. The summed E-state index contributed by atoms with van der Waals surface area (Å²) in [5.74, 6) is 0.363. The Bertz CT molecular complexity index is 532. The Hall–Kier alpha value is -1.83. The van der Waals surface area contributed by atoms with Crippen LogP contribution in [0.1, 0.15) is 28.4 Å². The largest absolute Gasteiger partial charge is 0.334 e. The van der Waals surface area contributed by atoms with Gasteiger partial charge >= 0.3 is 0 Å². The lowest BCUT2D eigenvalue weighted by Crippen LogP contribution is -2.51. The molecule has 1 atom stereocenters. The Morgan fingerprint density at radius 3 is 2.75 bits per heavy atom. The van der Waals surface area contributed by atoms with Crippen LogP contribution in [0.4, 0.5) is 0 Å². The van der Waals surface area contributed by atoms with E-state index in [-0.39, 0.29) is 0 Å². The third kappa shape index (κ3) is 1.23. The summed E-state index contributed by atoms with van der Waals surface area (Å²) in [5, 5.41) is 0. The maximum absolute atomic E-state index is 4.50. The topological polar surface area (TPSA) is 16.8 Å². The second kappa shape index (κ2) is 3.34. The Morgan fingerprint density at radius 2 is 2.00 bits per heavy atom. The van der Waals surface area contributed by atoms with Crippen molar-refractivity contribution in [2.75, 3.05) is 0 Å². The van der Waals surface area contributed by atoms with Crippen molar-refractivity contribution >= 4 is 0 Å². The smallest absolute Gasteiger partial charge is 0.0920 e. The van der Waals surface area contributed by atoms with Crippen molar-refractivity contribution in [3.05, 3.63) is 65.7 Å². The van der Waals surface area contributed by atoms with Crippen molar-refractivity contribution in [1.29, 1.82) is 0 Å². The van der Waals surface area contributed by atoms with Gasteiger partial charge in [0, 0.05) is 11.9 Å². The highest BCUT2D eigenvalue weighted by Crippen LogP contribution is 2.32. The van der Waals surface area contributed by atoms with Crippen molar-refractivity contribution < 1.29 is 4.57 Å². The van der Waals surface area contributed by atoms with Gasteiger partial charge in [-0.2, -0.15) is 0 Å². The molecule has 0 amide bonds. The average molecular weight is 210 g/mol. The van der Waals surface area contributed by atoms with Gasteiger partial charge in [-0.1, -0.05) is 18.2 Å². The molecule has 2 aromatic heterocycles. The van der Waals surface area contributed by atoms with Gasteiger partial charge in [0.15, 0.2) is 0 Å². The molecule has 0 spiro atoms. The number of rotatable bonds is 1. The Kier molecular flexibility index (Phi) is 1.96. The maximum atomic E-state index is 4.50. The SMILES string of the molecule is Cc1cccnc1[C@@H]1[CH-][n+]2cccc(C)c21. The fourth-order valence-electron chi connectivity index (χ4n) is 2.36. The molecule has 0 radical (unpaired) electrons. The van der Waals surface area contributed by atoms with Gasteiger partial charge in [-0.3, -0.25) is 4.98 Å². The normalized spacial score (nSPS) is 17.2. The van der Waals surface area contributed by atoms with E-state index in [9.17, 15) is 0 Å². The molecule has 0 bridgehead atoms. The summed E-state index contributed by atoms with van der Waals surface area (Å²) < 4.78 is 2.19. The third-order valence-corrected chi connectivity index (χ3v) is 3.22. The van der Waals surface area contributed by atoms with Gasteiger partial charge in [-0.25, -0.2) is 0 Å². The zero-order valence-corrected chi connectivity index (χ0v) is 9.51. The van der Waals surface area contributed by atoms with E-state index in [0.717, 1.165) is 0 Å². The van der Waals surface area contributed by atoms with Gasteiger partial charge in [0.25, 0.3) is 0 Å². The van der Waals surface area contributed by atoms with Crippen LogP contribution in [0, 0.1) is 20.4 Å². The predicted octanol–water partition coefficient (Wildman–Crippen LogP) is 2.14. The molecule has 0 saturated carbocycles. The van der Waals surface area contributed by atoms with E-state index in [0.29, 0.717) is 5.92 Å². The molecular weight excluding hydrogens is 196 g/mol. The first-order valence-electron chi connectivity index (χ1n) is 5.54. The minimum Gasteiger partial charge on any atom is -0.334 e. The highest BCUT2D eigenvalue weighted by molar-refractivity contribution is 5.35. The first kappa shape index (κ1) is 9.40. The van der Waals surface area contributed by atoms with Gasteiger partial charge < -0.3 is 4.57 Å². The summed E-state index contributed by atoms with van der Waals surface area (Å²) in [5.41, 5.74) is 5.14. The predicted molar refractivity (Wildman–Crippen MR) is 61.9 cm³/mol. The fraction of sp³-hybridized carbons (Fsp3) is 0.214. The summed E-state index contributed by atoms with van der Waals surface area (Å²) in [6, 6.07) is 8.35. The van der Waals surface area contributed by atoms with Crippen molar-refractivity contribution in [2.45, 2.75) is 19.8 Å². The number of nitrogens with zero attached hydrogens (tertiary/aromatic N) is 2. The van der Waals surface area contributed by atoms with Crippen LogP contribution in [-0.2, 0) is 0 Å². The van der Waals surface area contributed by atoms with Crippen molar-refractivity contribution in [1.82, 2.24) is 4.98 Å². The average Bonchev–Trinajstić information content (AvgIpc) is 2.23. The molecule has 0 aromatic carbocycles. The molecule has 0 aliphatic carbocycles. The van der Waals surface area contributed by atoms with Crippen LogP contribution < -0.4 is 4.57 Å². The Balaban J connectivity index is 2.08. The Morgan fingerprint density at radius 1 is 1.19 bits per heavy atom. The van der Waals surface area contributed by atoms with Crippen LogP contribution in [0.5, 0.6) is 0 Å². The molecule has 3 heterocycles. The van der Waals surface area contributed by atoms with Crippen LogP contribution >= 0.6 is 0 Å². The van der Waals surface area contributed by atoms with Crippen LogP contribution in [0.3, 0.4) is 0 Å². The van der Waals surface area contributed by atoms with Crippen LogP contribution in [0.15, 0.2) is 36.7 Å². The highest BCUT2D eigenvalue weighted by Gasteiger charge is 2.31. The summed E-state index contributed by atoms with van der Waals surface area (Å²) in [4.78, 5) is 4.50. The standard InChI is InChI=1S/C14H14N2/c1-10-5-3-7-15-13(10)12-9-16-8-4-6-11(2)14(12)16/h3-9,12H,1-2H3/t12-/m0/s1. The lowest BCUT2D eigenvalue weighted by Gasteiger charge is -2.32. The van der Waals surface area contributed by atoms with Crippen LogP contribution in [0.25, 0.3) is 0 Å². The van der Waals surface area contributed by atoms with Gasteiger partial charge in [-0.05, 0) is 31.0 Å². The van der Waals surface area contributed by atoms with Gasteiger partial charge in [0.05, 0.1) is 24.4 Å². The first-order valence-corrected chi connectivity index (χ1v) is 5.54. The van der Waals surface area contributed by atoms with E-state index < -0.39 is 0 Å². The maximum Gasteiger partial charge on any atom is 0.0920 e. The molecule has 1 aliphatic rings. The van der Waals surface area contributed by atoms with Crippen molar-refractivity contribution in [3.63, 3.8) is 0 Å². The van der Waals surface area contributed by atoms with Gasteiger partial charge in [0.2, 0.25) is 0 Å². The molecule has 0 saturated heterocycles. The number of fused-ring (bicyclic) bond motifs is 1. The fourth-order valence-corrected chi connectivity index (χ4v) is 2.36. The second-order valence-corrected chi connectivity index (χ2v) is 4.32. The Labute approximate surface area is 95.6 Å². The van der Waals surface area contributed by atoms with Crippen molar-refractivity contribution in [3.8, 4) is 0 Å². The van der Waals surface area contributed by atoms with Crippen molar-refractivity contribution in [2.24, 2.45) is 0 Å². The number of aromatic nitrogens is 2. The molecule has 0 unspecified atom stereocenters. The number of aryl methyl sites for hydroxylation is 2. The molecule has 3 rings (SSSR count). The monoisotopic (exact) mass is 210 g/mol. The van der Waals surface area contributed by atoms with E-state index in [2.05, 4.69) is 54.3 Å². The quantitative estimate of drug-likeness (QED) is 0.520. The zero-order valence-electron chi connectivity index (χ0n) is 9.51. The molecule has 16 heavy (non-hydrogen) atoms. The molecule has 2 nitrogen and oxygen atoms in total. The van der Waals surface area contributed by atoms with E-state index in [1.165, 1.54) is 22.5 Å². The zero-order chi connectivity index (χ0) is 11.1. The molecule has 0 fully saturated rings. The summed E-state index contributed by atoms with van der Waals surface area (Å²) in [6.07, 6.45) is 3.97. The molecule has 2 heteroatoms. The summed E-state index contributed by atoms with van der Waals surface area (Å²) >= 11 is 0. The van der Waals surface area contributed by atoms with Crippen LogP contribution in [0.2, 0.25) is 0 Å². The minimum atomic E-state index is 0.363. The molecule has 2 aromatic rings. The van der Waals surface area contributed by atoms with Gasteiger partial charge in [-0.15, -0.1) is 0 Å². The highest BCUT2D eigenvalue weighted by atomic mass is 15.0. The lowest BCUT2D eigenvalue weighted by molar-refractivity contribution is -0.679. The minimum absolute atomic E-state index is 0.363. The van der Waals surface area contributed by atoms with Gasteiger partial charge in [0.1, 0.15) is 0 Å². The number of hydrogen-bond acceptors (Lipinski definition) is 1. The van der Waals surface area contributed by atoms with E-state index in [1.807, 2.05) is 12.3 Å². The summed E-state index contributed by atoms with van der Waals surface area (Å²) in [6.45, 7) is 6.50. The molecule has 0 N–H and O–H groups in total. The number of hydrogen-bond donors (Lipinski definition) is 0. The first-order chi connectivity index (χ1) is 7.77. The third-order valence-electron chi connectivity index (χ3n) is 3.22. The van der Waals surface area contributed by atoms with E-state index >= 15 is 0 Å².